The molecule has 0 radical (unpaired) electrons. The second-order valence-corrected chi connectivity index (χ2v) is 5.87. The van der Waals surface area contributed by atoms with Gasteiger partial charge in [-0.3, -0.25) is 0 Å². The lowest BCUT2D eigenvalue weighted by Gasteiger charge is -2.34. The van der Waals surface area contributed by atoms with Gasteiger partial charge in [-0.15, -0.1) is 0 Å². The summed E-state index contributed by atoms with van der Waals surface area (Å²) in [7, 11) is 2.90. The van der Waals surface area contributed by atoms with Crippen molar-refractivity contribution in [3.05, 3.63) is 59.7 Å². The summed E-state index contributed by atoms with van der Waals surface area (Å²) in [4.78, 5) is 23.9. The standard InChI is InChI=1S/C18H17NO4/c1-19(11-16(20)21,18(22)23-2)17-14-9-5-3-7-12(14)13-8-4-6-10-15(13)17/h3-10,17H,11H2,1-2H3/p+1. The smallest absolute Gasteiger partial charge is 0.477 e. The Balaban J connectivity index is 2.24. The van der Waals surface area contributed by atoms with Gasteiger partial charge < -0.3 is 9.84 Å². The predicted octanol–water partition coefficient (Wildman–Crippen LogP) is 3.05. The molecule has 0 spiro atoms. The SMILES string of the molecule is COC(=O)[N+](C)(CC(=O)O)C1c2ccccc2-c2ccccc21. The van der Waals surface area contributed by atoms with Gasteiger partial charge in [-0.05, 0) is 11.1 Å². The van der Waals surface area contributed by atoms with Crippen molar-refractivity contribution in [2.24, 2.45) is 0 Å². The van der Waals surface area contributed by atoms with Gasteiger partial charge in [-0.25, -0.2) is 9.28 Å². The van der Waals surface area contributed by atoms with Crippen molar-refractivity contribution in [3.63, 3.8) is 0 Å². The molecule has 1 aliphatic carbocycles. The number of nitrogens with zero attached hydrogens (tertiary/aromatic N) is 1. The highest BCUT2D eigenvalue weighted by molar-refractivity contribution is 5.80. The van der Waals surface area contributed by atoms with Gasteiger partial charge in [0.15, 0.2) is 12.6 Å². The normalized spacial score (nSPS) is 15.4. The number of fused-ring (bicyclic) bond motifs is 3. The number of likely N-dealkylation sites (N-methyl/N-ethyl adjacent to an activating group) is 1. The number of carboxylic acids is 1. The summed E-state index contributed by atoms with van der Waals surface area (Å²) in [5, 5.41) is 9.33. The van der Waals surface area contributed by atoms with Crippen LogP contribution in [-0.4, -0.2) is 42.4 Å². The number of hydrogen-bond acceptors (Lipinski definition) is 3. The maximum atomic E-state index is 12.5. The zero-order valence-corrected chi connectivity index (χ0v) is 13.0. The molecule has 0 saturated carbocycles. The van der Waals surface area contributed by atoms with Gasteiger partial charge in [0.1, 0.15) is 0 Å². The maximum Gasteiger partial charge on any atom is 0.516 e. The van der Waals surface area contributed by atoms with Gasteiger partial charge in [0.05, 0.1) is 14.2 Å². The molecule has 0 bridgehead atoms. The number of benzene rings is 2. The molecule has 1 amide bonds. The van der Waals surface area contributed by atoms with E-state index in [-0.39, 0.29) is 11.0 Å². The van der Waals surface area contributed by atoms with Crippen LogP contribution < -0.4 is 0 Å². The first kappa shape index (κ1) is 15.2. The van der Waals surface area contributed by atoms with Crippen LogP contribution in [0.25, 0.3) is 11.1 Å². The van der Waals surface area contributed by atoms with E-state index in [0.717, 1.165) is 22.3 Å². The number of carboxylic acid groups (broad SMARTS) is 1. The molecule has 2 aromatic rings. The average Bonchev–Trinajstić information content (AvgIpc) is 2.88. The Morgan fingerprint density at radius 1 is 1.04 bits per heavy atom. The number of quaternary nitrogens is 1. The molecule has 2 aromatic carbocycles. The van der Waals surface area contributed by atoms with E-state index in [0.29, 0.717) is 0 Å². The van der Waals surface area contributed by atoms with Crippen LogP contribution in [0.3, 0.4) is 0 Å². The van der Waals surface area contributed by atoms with E-state index in [9.17, 15) is 14.7 Å². The Morgan fingerprint density at radius 2 is 1.52 bits per heavy atom. The Kier molecular flexibility index (Phi) is 3.66. The summed E-state index contributed by atoms with van der Waals surface area (Å²) in [6.07, 6.45) is -0.566. The van der Waals surface area contributed by atoms with Crippen LogP contribution in [0.15, 0.2) is 48.5 Å². The molecule has 0 heterocycles. The molecule has 1 aliphatic rings. The summed E-state index contributed by atoms with van der Waals surface area (Å²) in [5.74, 6) is -1.04. The fourth-order valence-electron chi connectivity index (χ4n) is 3.49. The molecule has 5 heteroatoms. The molecule has 1 N–H and O–H groups in total. The molecular weight excluding hydrogens is 294 g/mol. The van der Waals surface area contributed by atoms with Crippen LogP contribution >= 0.6 is 0 Å². The molecule has 0 aliphatic heterocycles. The van der Waals surface area contributed by atoms with Gasteiger partial charge in [0.25, 0.3) is 0 Å². The Hall–Kier alpha value is -2.66. The molecule has 0 fully saturated rings. The first-order valence-electron chi connectivity index (χ1n) is 7.33. The van der Waals surface area contributed by atoms with Crippen molar-refractivity contribution in [2.45, 2.75) is 6.04 Å². The third-order valence-corrected chi connectivity index (χ3v) is 4.43. The molecule has 0 saturated heterocycles. The van der Waals surface area contributed by atoms with Crippen LogP contribution in [0, 0.1) is 0 Å². The maximum absolute atomic E-state index is 12.5. The molecule has 3 rings (SSSR count). The van der Waals surface area contributed by atoms with Crippen molar-refractivity contribution in [1.29, 1.82) is 0 Å². The lowest BCUT2D eigenvalue weighted by atomic mass is 10.0. The molecule has 0 aromatic heterocycles. The Morgan fingerprint density at radius 3 is 1.96 bits per heavy atom. The third kappa shape index (κ3) is 2.29. The second kappa shape index (κ2) is 5.52. The number of amides is 1. The third-order valence-electron chi connectivity index (χ3n) is 4.43. The van der Waals surface area contributed by atoms with Crippen molar-refractivity contribution < 1.29 is 23.9 Å². The van der Waals surface area contributed by atoms with Crippen LogP contribution in [0.5, 0.6) is 0 Å². The minimum absolute atomic E-state index is 0.347. The summed E-state index contributed by atoms with van der Waals surface area (Å²) in [6, 6.07) is 15.2. The zero-order chi connectivity index (χ0) is 16.6. The van der Waals surface area contributed by atoms with Gasteiger partial charge in [-0.1, -0.05) is 48.5 Å². The van der Waals surface area contributed by atoms with E-state index < -0.39 is 18.1 Å². The highest BCUT2D eigenvalue weighted by Gasteiger charge is 2.49. The van der Waals surface area contributed by atoms with Crippen LogP contribution in [0.2, 0.25) is 0 Å². The summed E-state index contributed by atoms with van der Waals surface area (Å²) < 4.78 is 4.57. The minimum atomic E-state index is -1.04. The number of methoxy groups -OCH3 is 1. The van der Waals surface area contributed by atoms with E-state index in [2.05, 4.69) is 0 Å². The number of carbonyl (C=O) groups is 2. The van der Waals surface area contributed by atoms with E-state index in [1.54, 1.807) is 7.05 Å². The van der Waals surface area contributed by atoms with E-state index in [1.807, 2.05) is 48.5 Å². The molecule has 5 nitrogen and oxygen atoms in total. The van der Waals surface area contributed by atoms with Crippen molar-refractivity contribution >= 4 is 12.1 Å². The zero-order valence-electron chi connectivity index (χ0n) is 13.0. The van der Waals surface area contributed by atoms with Crippen LogP contribution in [0.1, 0.15) is 17.2 Å². The topological polar surface area (TPSA) is 63.6 Å². The number of rotatable bonds is 3. The number of hydrogen-bond donors (Lipinski definition) is 1. The summed E-state index contributed by atoms with van der Waals surface area (Å²) >= 11 is 0. The van der Waals surface area contributed by atoms with Gasteiger partial charge in [-0.2, -0.15) is 4.79 Å². The first-order valence-corrected chi connectivity index (χ1v) is 7.33. The van der Waals surface area contributed by atoms with Crippen molar-refractivity contribution in [1.82, 2.24) is 0 Å². The molecule has 1 unspecified atom stereocenters. The predicted molar refractivity (Wildman–Crippen MR) is 84.8 cm³/mol. The van der Waals surface area contributed by atoms with Crippen molar-refractivity contribution in [2.75, 3.05) is 20.7 Å². The van der Waals surface area contributed by atoms with Gasteiger partial charge in [0.2, 0.25) is 0 Å². The minimum Gasteiger partial charge on any atom is -0.477 e. The number of ether oxygens (including phenoxy) is 1. The highest BCUT2D eigenvalue weighted by Crippen LogP contribution is 2.48. The Bertz CT molecular complexity index is 741. The largest absolute Gasteiger partial charge is 0.516 e. The fraction of sp³-hybridized carbons (Fsp3) is 0.222. The monoisotopic (exact) mass is 312 g/mol. The quantitative estimate of drug-likeness (QED) is 0.885. The van der Waals surface area contributed by atoms with Gasteiger partial charge >= 0.3 is 12.1 Å². The second-order valence-electron chi connectivity index (χ2n) is 5.87. The average molecular weight is 312 g/mol. The van der Waals surface area contributed by atoms with Crippen LogP contribution in [-0.2, 0) is 9.53 Å². The lowest BCUT2D eigenvalue weighted by molar-refractivity contribution is -0.855. The molecule has 1 atom stereocenters. The Labute approximate surface area is 134 Å². The summed E-state index contributed by atoms with van der Waals surface area (Å²) in [6.45, 7) is -0.347. The molecule has 118 valence electrons. The number of carbonyl (C=O) groups excluding carboxylic acids is 1. The van der Waals surface area contributed by atoms with Crippen molar-refractivity contribution in [3.8, 4) is 11.1 Å². The van der Waals surface area contributed by atoms with Gasteiger partial charge in [0, 0.05) is 11.1 Å². The first-order chi connectivity index (χ1) is 11.0. The van der Waals surface area contributed by atoms with E-state index in [4.69, 9.17) is 4.74 Å². The van der Waals surface area contributed by atoms with Crippen LogP contribution in [0.4, 0.5) is 4.79 Å². The molecule has 23 heavy (non-hydrogen) atoms. The fourth-order valence-corrected chi connectivity index (χ4v) is 3.49. The summed E-state index contributed by atoms with van der Waals surface area (Å²) in [5.41, 5.74) is 3.96. The van der Waals surface area contributed by atoms with E-state index in [1.165, 1.54) is 7.11 Å². The molecular formula is C18H18NO4+. The van der Waals surface area contributed by atoms with E-state index >= 15 is 0 Å². The highest BCUT2D eigenvalue weighted by atomic mass is 16.5. The number of aliphatic carboxylic acids is 1. The lowest BCUT2D eigenvalue weighted by Crippen LogP contribution is -2.54.